The van der Waals surface area contributed by atoms with Crippen molar-refractivity contribution in [2.45, 2.75) is 20.3 Å². The predicted octanol–water partition coefficient (Wildman–Crippen LogP) is 1.08. The number of carbonyl (C=O) groups is 1. The van der Waals surface area contributed by atoms with Gasteiger partial charge in [0, 0.05) is 16.8 Å². The van der Waals surface area contributed by atoms with Crippen LogP contribution < -0.4 is 0 Å². The largest absolute Gasteiger partial charge is 0.461 e. The lowest BCUT2D eigenvalue weighted by atomic mass is 10.4. The number of hydrogen-bond acceptors (Lipinski definition) is 3. The van der Waals surface area contributed by atoms with Gasteiger partial charge in [-0.2, -0.15) is 5.10 Å². The molecular formula is C8H12N2O2. The standard InChI is InChI=1S/C8H12N2O2/c1-3-10-7(5-6-9-10)8(11)12-4-2/h5-6H,3-4H2,1-2H3/i1D3,3D2. The SMILES string of the molecule is [2H]C([2H])([2H])C([2H])([2H])n1nccc1C(=O)OCC. The van der Waals surface area contributed by atoms with E-state index in [1.807, 2.05) is 0 Å². The first kappa shape index (κ1) is 4.07. The van der Waals surface area contributed by atoms with Crippen molar-refractivity contribution in [1.29, 1.82) is 0 Å². The number of carbonyl (C=O) groups excluding carboxylic acids is 1. The Morgan fingerprint density at radius 1 is 2.00 bits per heavy atom. The molecule has 0 aliphatic heterocycles. The second kappa shape index (κ2) is 3.90. The molecule has 4 heteroatoms. The first-order valence-corrected chi connectivity index (χ1v) is 3.43. The molecule has 1 rings (SSSR count). The first-order chi connectivity index (χ1) is 7.71. The fraction of sp³-hybridized carbons (Fsp3) is 0.500. The van der Waals surface area contributed by atoms with Crippen LogP contribution >= 0.6 is 0 Å². The molecule has 0 atom stereocenters. The lowest BCUT2D eigenvalue weighted by Crippen LogP contribution is -2.12. The minimum Gasteiger partial charge on any atom is -0.461 e. The molecule has 0 aliphatic carbocycles. The molecule has 66 valence electrons. The van der Waals surface area contributed by atoms with Gasteiger partial charge >= 0.3 is 5.97 Å². The molecule has 0 amide bonds. The molecule has 0 saturated carbocycles. The summed E-state index contributed by atoms with van der Waals surface area (Å²) in [6.07, 6.45) is 1.15. The molecule has 0 fully saturated rings. The van der Waals surface area contributed by atoms with Crippen LogP contribution in [0.3, 0.4) is 0 Å². The van der Waals surface area contributed by atoms with Crippen LogP contribution in [0.15, 0.2) is 12.3 Å². The second-order valence-corrected chi connectivity index (χ2v) is 1.96. The van der Waals surface area contributed by atoms with Gasteiger partial charge in [0.05, 0.1) is 9.35 Å². The third-order valence-electron chi connectivity index (χ3n) is 1.23. The monoisotopic (exact) mass is 173 g/mol. The topological polar surface area (TPSA) is 44.1 Å². The Labute approximate surface area is 78.2 Å². The van der Waals surface area contributed by atoms with Crippen LogP contribution in [0.1, 0.15) is 31.1 Å². The van der Waals surface area contributed by atoms with Crippen molar-refractivity contribution >= 4 is 5.97 Å². The zero-order chi connectivity index (χ0) is 13.3. The third-order valence-corrected chi connectivity index (χ3v) is 1.23. The molecule has 12 heavy (non-hydrogen) atoms. The lowest BCUT2D eigenvalue weighted by molar-refractivity contribution is 0.0512. The zero-order valence-corrected chi connectivity index (χ0v) is 6.57. The van der Waals surface area contributed by atoms with Gasteiger partial charge in [-0.05, 0) is 19.8 Å². The molecule has 0 bridgehead atoms. The average molecular weight is 173 g/mol. The summed E-state index contributed by atoms with van der Waals surface area (Å²) >= 11 is 0. The van der Waals surface area contributed by atoms with Crippen LogP contribution in [0.25, 0.3) is 0 Å². The Hall–Kier alpha value is -1.32. The summed E-state index contributed by atoms with van der Waals surface area (Å²) in [5.41, 5.74) is -0.229. The third kappa shape index (κ3) is 1.64. The van der Waals surface area contributed by atoms with Gasteiger partial charge in [-0.25, -0.2) is 4.79 Å². The van der Waals surface area contributed by atoms with Gasteiger partial charge in [-0.1, -0.05) is 0 Å². The molecule has 1 heterocycles. The van der Waals surface area contributed by atoms with E-state index < -0.39 is 19.3 Å². The number of esters is 1. The Balaban J connectivity index is 3.16. The summed E-state index contributed by atoms with van der Waals surface area (Å²) in [6, 6.07) is 1.21. The fourth-order valence-electron chi connectivity index (χ4n) is 0.752. The molecule has 0 aliphatic rings. The van der Waals surface area contributed by atoms with Crippen molar-refractivity contribution in [2.24, 2.45) is 0 Å². The quantitative estimate of drug-likeness (QED) is 0.642. The highest BCUT2D eigenvalue weighted by atomic mass is 16.5. The van der Waals surface area contributed by atoms with Crippen LogP contribution in [0.2, 0.25) is 0 Å². The first-order valence-electron chi connectivity index (χ1n) is 5.93. The van der Waals surface area contributed by atoms with E-state index in [1.54, 1.807) is 6.92 Å². The number of ether oxygens (including phenoxy) is 1. The van der Waals surface area contributed by atoms with Gasteiger partial charge in [0.25, 0.3) is 0 Å². The molecule has 0 spiro atoms. The van der Waals surface area contributed by atoms with E-state index >= 15 is 0 Å². The van der Waals surface area contributed by atoms with Crippen LogP contribution in [0.5, 0.6) is 0 Å². The lowest BCUT2D eigenvalue weighted by Gasteiger charge is -2.02. The van der Waals surface area contributed by atoms with E-state index in [2.05, 4.69) is 9.84 Å². The highest BCUT2D eigenvalue weighted by Gasteiger charge is 2.10. The Morgan fingerprint density at radius 3 is 3.50 bits per heavy atom. The smallest absolute Gasteiger partial charge is 0.356 e. The van der Waals surface area contributed by atoms with Crippen LogP contribution in [-0.2, 0) is 11.2 Å². The summed E-state index contributed by atoms with van der Waals surface area (Å²) in [5, 5.41) is 3.54. The van der Waals surface area contributed by atoms with Gasteiger partial charge in [0.2, 0.25) is 0 Å². The van der Waals surface area contributed by atoms with Gasteiger partial charge < -0.3 is 4.74 Å². The number of hydrogen-bond donors (Lipinski definition) is 0. The van der Waals surface area contributed by atoms with Crippen molar-refractivity contribution in [2.75, 3.05) is 6.61 Å². The van der Waals surface area contributed by atoms with Crippen LogP contribution in [0.4, 0.5) is 0 Å². The Morgan fingerprint density at radius 2 is 2.83 bits per heavy atom. The van der Waals surface area contributed by atoms with Crippen LogP contribution in [-0.4, -0.2) is 22.4 Å². The summed E-state index contributed by atoms with van der Waals surface area (Å²) < 4.78 is 41.5. The maximum Gasteiger partial charge on any atom is 0.356 e. The Kier molecular flexibility index (Phi) is 1.32. The van der Waals surface area contributed by atoms with E-state index in [1.165, 1.54) is 6.07 Å². The summed E-state index contributed by atoms with van der Waals surface area (Å²) in [6.45, 7) is -3.99. The van der Waals surface area contributed by atoms with Gasteiger partial charge in [-0.15, -0.1) is 0 Å². The minimum atomic E-state index is -2.93. The second-order valence-electron chi connectivity index (χ2n) is 1.96. The fourth-order valence-corrected chi connectivity index (χ4v) is 0.752. The molecule has 4 nitrogen and oxygen atoms in total. The number of aryl methyl sites for hydroxylation is 1. The molecule has 1 aromatic heterocycles. The molecule has 0 aromatic carbocycles. The van der Waals surface area contributed by atoms with Crippen molar-refractivity contribution in [3.8, 4) is 0 Å². The molecule has 1 aromatic rings. The normalized spacial score (nSPS) is 18.2. The van der Waals surface area contributed by atoms with Gasteiger partial charge in [0.15, 0.2) is 0 Å². The van der Waals surface area contributed by atoms with Crippen molar-refractivity contribution in [1.82, 2.24) is 9.78 Å². The highest BCUT2D eigenvalue weighted by Crippen LogP contribution is 2.00. The number of rotatable bonds is 3. The maximum absolute atomic E-state index is 11.5. The van der Waals surface area contributed by atoms with Gasteiger partial charge in [0.1, 0.15) is 5.69 Å². The summed E-state index contributed by atoms with van der Waals surface area (Å²) in [5.74, 6) is -0.807. The van der Waals surface area contributed by atoms with Crippen LogP contribution in [0, 0.1) is 0 Å². The number of nitrogens with zero attached hydrogens (tertiary/aromatic N) is 2. The summed E-state index contributed by atoms with van der Waals surface area (Å²) in [4.78, 5) is 11.5. The molecule has 0 radical (unpaired) electrons. The van der Waals surface area contributed by atoms with Crippen molar-refractivity contribution in [3.63, 3.8) is 0 Å². The average Bonchev–Trinajstić information content (AvgIpc) is 2.64. The minimum absolute atomic E-state index is 0.112. The number of aromatic nitrogens is 2. The molecule has 0 saturated heterocycles. The highest BCUT2D eigenvalue weighted by molar-refractivity contribution is 5.87. The van der Waals surface area contributed by atoms with E-state index in [0.29, 0.717) is 4.68 Å². The van der Waals surface area contributed by atoms with E-state index in [9.17, 15) is 4.79 Å². The molecular weight excluding hydrogens is 156 g/mol. The van der Waals surface area contributed by atoms with Gasteiger partial charge in [-0.3, -0.25) is 4.68 Å². The molecule has 0 N–H and O–H groups in total. The maximum atomic E-state index is 11.5. The van der Waals surface area contributed by atoms with E-state index in [0.717, 1.165) is 6.20 Å². The van der Waals surface area contributed by atoms with E-state index in [-0.39, 0.29) is 12.3 Å². The summed E-state index contributed by atoms with van der Waals surface area (Å²) in [7, 11) is 0. The predicted molar refractivity (Wildman–Crippen MR) is 43.9 cm³/mol. The van der Waals surface area contributed by atoms with Crippen molar-refractivity contribution in [3.05, 3.63) is 18.0 Å². The molecule has 0 unspecified atom stereocenters. The Bertz CT molecular complexity index is 412. The van der Waals surface area contributed by atoms with E-state index in [4.69, 9.17) is 6.85 Å². The van der Waals surface area contributed by atoms with Crippen molar-refractivity contribution < 1.29 is 16.4 Å². The zero-order valence-electron chi connectivity index (χ0n) is 11.6.